The van der Waals surface area contributed by atoms with Crippen molar-refractivity contribution in [2.24, 2.45) is 11.3 Å². The van der Waals surface area contributed by atoms with Crippen LogP contribution in [-0.4, -0.2) is 28.2 Å². The van der Waals surface area contributed by atoms with Crippen LogP contribution < -0.4 is 4.40 Å². The van der Waals surface area contributed by atoms with Gasteiger partial charge >= 0.3 is 137 Å². The van der Waals surface area contributed by atoms with Gasteiger partial charge in [0.1, 0.15) is 0 Å². The van der Waals surface area contributed by atoms with Crippen molar-refractivity contribution in [1.82, 2.24) is 15.0 Å². The normalized spacial score (nSPS) is 13.5. The molecule has 0 N–H and O–H groups in total. The third-order valence-corrected chi connectivity index (χ3v) is 14.6. The summed E-state index contributed by atoms with van der Waals surface area (Å²) in [6, 6.07) is 37.9. The van der Waals surface area contributed by atoms with Gasteiger partial charge in [-0.25, -0.2) is 4.98 Å². The number of hydrogen-bond acceptors (Lipinski definition) is 4. The molecule has 0 amide bonds. The van der Waals surface area contributed by atoms with Gasteiger partial charge in [0.25, 0.3) is 0 Å². The molecule has 1 radical (unpaired) electrons. The molecule has 0 saturated heterocycles. The van der Waals surface area contributed by atoms with Gasteiger partial charge in [-0.05, 0) is 35.7 Å². The molecule has 279 valence electrons. The molecular weight excluding hydrogens is 899 g/mol. The van der Waals surface area contributed by atoms with Crippen molar-refractivity contribution in [2.45, 2.75) is 83.5 Å². The second-order valence-corrected chi connectivity index (χ2v) is 27.5. The van der Waals surface area contributed by atoms with E-state index < -0.39 is 13.3 Å². The standard InChI is InChI=1S/C28H25N2O.C20H26GeN.Ir/c1-18-10-11-21(24-16-19(14-15-29-24)17-28(2,3)4)26-25(18)22-12-13-23(30-27(22)31-26)20-8-6-5-7-9-20;1-21(2,3)19-15-22-20(17-11-5-4-6-12-17)14-18(19)13-16-9-7-8-10-16;/h5-10,12-16H,17H2,1-4H3;4-6,11,14-16H,7-10,13H2,1-3H3;/q2*-1;. The first-order valence-electron chi connectivity index (χ1n) is 19.1. The van der Waals surface area contributed by atoms with Crippen LogP contribution in [0.1, 0.15) is 63.1 Å². The molecule has 0 unspecified atom stereocenters. The molecule has 4 heterocycles. The van der Waals surface area contributed by atoms with Crippen molar-refractivity contribution >= 4 is 39.7 Å². The number of nitrogens with zero attached hydrogens (tertiary/aromatic N) is 3. The smallest absolute Gasteiger partial charge is 0 e. The topological polar surface area (TPSA) is 51.8 Å². The first kappa shape index (κ1) is 39.8. The van der Waals surface area contributed by atoms with Crippen molar-refractivity contribution in [1.29, 1.82) is 0 Å². The Labute approximate surface area is 338 Å². The molecule has 54 heavy (non-hydrogen) atoms. The predicted octanol–water partition coefficient (Wildman–Crippen LogP) is 12.2. The monoisotopic (exact) mass is 952 g/mol. The molecule has 1 saturated carbocycles. The van der Waals surface area contributed by atoms with E-state index in [2.05, 4.69) is 123 Å². The summed E-state index contributed by atoms with van der Waals surface area (Å²) in [5, 5.41) is 2.10. The van der Waals surface area contributed by atoms with Gasteiger partial charge in [-0.1, -0.05) is 80.6 Å². The van der Waals surface area contributed by atoms with Crippen LogP contribution in [-0.2, 0) is 32.9 Å². The summed E-state index contributed by atoms with van der Waals surface area (Å²) in [7, 11) is 0. The van der Waals surface area contributed by atoms with Gasteiger partial charge < -0.3 is 9.40 Å². The number of pyridine rings is 3. The molecule has 6 heteroatoms. The Hall–Kier alpha value is -3.90. The Kier molecular flexibility index (Phi) is 12.4. The number of aromatic nitrogens is 3. The van der Waals surface area contributed by atoms with Gasteiger partial charge in [0.2, 0.25) is 5.71 Å². The molecule has 3 aromatic carbocycles. The number of furan rings is 1. The van der Waals surface area contributed by atoms with Crippen LogP contribution in [0, 0.1) is 30.4 Å². The minimum Gasteiger partial charge on any atom is 0 e. The number of hydrogen-bond donors (Lipinski definition) is 0. The molecule has 1 aliphatic rings. The van der Waals surface area contributed by atoms with Crippen molar-refractivity contribution < 1.29 is 24.5 Å². The van der Waals surface area contributed by atoms with Crippen LogP contribution in [0.5, 0.6) is 0 Å². The molecule has 1 fully saturated rings. The second kappa shape index (κ2) is 16.9. The van der Waals surface area contributed by atoms with Gasteiger partial charge in [0, 0.05) is 37.3 Å². The Morgan fingerprint density at radius 3 is 2.30 bits per heavy atom. The van der Waals surface area contributed by atoms with Gasteiger partial charge in [-0.15, -0.1) is 17.7 Å². The number of rotatable bonds is 7. The molecule has 1 aliphatic carbocycles. The third kappa shape index (κ3) is 9.30. The number of benzene rings is 3. The zero-order chi connectivity index (χ0) is 37.2. The van der Waals surface area contributed by atoms with Crippen LogP contribution in [0.15, 0.2) is 108 Å². The quantitative estimate of drug-likeness (QED) is 0.118. The van der Waals surface area contributed by atoms with Crippen LogP contribution in [0.25, 0.3) is 55.8 Å². The fourth-order valence-corrected chi connectivity index (χ4v) is 11.1. The van der Waals surface area contributed by atoms with E-state index in [9.17, 15) is 0 Å². The van der Waals surface area contributed by atoms with E-state index in [1.165, 1.54) is 37.7 Å². The molecule has 0 atom stereocenters. The second-order valence-electron chi connectivity index (χ2n) is 17.0. The maximum atomic E-state index is 6.34. The first-order valence-corrected chi connectivity index (χ1v) is 26.5. The fourth-order valence-electron chi connectivity index (χ4n) is 7.72. The van der Waals surface area contributed by atoms with Gasteiger partial charge in [0.05, 0.1) is 11.3 Å². The number of fused-ring (bicyclic) bond motifs is 3. The molecule has 0 spiro atoms. The van der Waals surface area contributed by atoms with E-state index in [1.54, 1.807) is 9.96 Å². The predicted molar refractivity (Wildman–Crippen MR) is 224 cm³/mol. The van der Waals surface area contributed by atoms with Crippen LogP contribution in [0.2, 0.25) is 17.3 Å². The zero-order valence-electron chi connectivity index (χ0n) is 32.7. The Balaban J connectivity index is 0.000000191. The maximum Gasteiger partial charge on any atom is 0 e. The van der Waals surface area contributed by atoms with Crippen LogP contribution in [0.3, 0.4) is 0 Å². The summed E-state index contributed by atoms with van der Waals surface area (Å²) in [5.41, 5.74) is 11.6. The van der Waals surface area contributed by atoms with E-state index in [0.717, 1.165) is 68.0 Å². The molecular formula is C48H51GeIrN3O-2. The third-order valence-electron chi connectivity index (χ3n) is 10.3. The minimum absolute atomic E-state index is 0. The van der Waals surface area contributed by atoms with E-state index in [4.69, 9.17) is 14.4 Å². The number of aryl methyl sites for hydroxylation is 1. The summed E-state index contributed by atoms with van der Waals surface area (Å²) >= 11 is -1.87. The molecule has 4 aromatic heterocycles. The molecule has 0 aliphatic heterocycles. The SMILES string of the molecule is Cc1c[c-]c(-c2cc(CC(C)(C)C)ccn2)c2oc3nc(-c4ccccc4)ccc3c12.[CH3][Ge]([CH3])([CH3])[c]1cnc(-c2[c-]cccc2)cc1CC1CCCC1.[Ir]. The summed E-state index contributed by atoms with van der Waals surface area (Å²) in [5.74, 6) is 8.31. The first-order chi connectivity index (χ1) is 25.4. The average molecular weight is 951 g/mol. The Morgan fingerprint density at radius 2 is 1.59 bits per heavy atom. The Morgan fingerprint density at radius 1 is 0.833 bits per heavy atom. The van der Waals surface area contributed by atoms with E-state index >= 15 is 0 Å². The van der Waals surface area contributed by atoms with E-state index in [-0.39, 0.29) is 25.5 Å². The molecule has 0 bridgehead atoms. The molecule has 8 rings (SSSR count). The van der Waals surface area contributed by atoms with Crippen molar-refractivity contribution in [3.05, 3.63) is 132 Å². The van der Waals surface area contributed by atoms with Crippen molar-refractivity contribution in [2.75, 3.05) is 0 Å². The summed E-state index contributed by atoms with van der Waals surface area (Å²) in [4.78, 5) is 14.2. The molecule has 4 nitrogen and oxygen atoms in total. The van der Waals surface area contributed by atoms with Gasteiger partial charge in [0.15, 0.2) is 0 Å². The maximum absolute atomic E-state index is 6.34. The van der Waals surface area contributed by atoms with Gasteiger partial charge in [-0.3, -0.25) is 0 Å². The average Bonchev–Trinajstić information content (AvgIpc) is 3.80. The van der Waals surface area contributed by atoms with Crippen LogP contribution >= 0.6 is 0 Å². The van der Waals surface area contributed by atoms with Crippen LogP contribution in [0.4, 0.5) is 0 Å². The largest absolute Gasteiger partial charge is 0 e. The zero-order valence-corrected chi connectivity index (χ0v) is 37.2. The van der Waals surface area contributed by atoms with E-state index in [0.29, 0.717) is 5.71 Å². The minimum atomic E-state index is -1.87. The van der Waals surface area contributed by atoms with E-state index in [1.807, 2.05) is 42.6 Å². The van der Waals surface area contributed by atoms with Crippen molar-refractivity contribution in [3.8, 4) is 33.8 Å². The molecule has 7 aromatic rings. The summed E-state index contributed by atoms with van der Waals surface area (Å²) in [6.07, 6.45) is 11.9. The van der Waals surface area contributed by atoms with Gasteiger partial charge in [-0.2, -0.15) is 0 Å². The summed E-state index contributed by atoms with van der Waals surface area (Å²) < 4.78 is 7.93. The summed E-state index contributed by atoms with van der Waals surface area (Å²) in [6.45, 7) is 8.84. The van der Waals surface area contributed by atoms with Crippen molar-refractivity contribution in [3.63, 3.8) is 0 Å². The fraction of sp³-hybridized carbons (Fsp3) is 0.312. The Bertz CT molecular complexity index is 2330.